The average Bonchev–Trinajstić information content (AvgIpc) is 2.20. The van der Waals surface area contributed by atoms with Gasteiger partial charge in [0, 0.05) is 7.11 Å². The maximum Gasteiger partial charge on any atom is 0.126 e. The van der Waals surface area contributed by atoms with E-state index >= 15 is 0 Å². The third kappa shape index (κ3) is 2.30. The lowest BCUT2D eigenvalue weighted by Crippen LogP contribution is -2.25. The van der Waals surface area contributed by atoms with Crippen LogP contribution in [0, 0.1) is 12.7 Å². The van der Waals surface area contributed by atoms with Crippen LogP contribution in [-0.2, 0) is 4.74 Å². The zero-order valence-electron chi connectivity index (χ0n) is 8.75. The van der Waals surface area contributed by atoms with Gasteiger partial charge in [-0.05, 0) is 31.0 Å². The lowest BCUT2D eigenvalue weighted by atomic mass is 10.0. The van der Waals surface area contributed by atoms with E-state index < -0.39 is 0 Å². The molecule has 0 aromatic heterocycles. The van der Waals surface area contributed by atoms with Crippen molar-refractivity contribution in [3.05, 3.63) is 35.1 Å². The van der Waals surface area contributed by atoms with Gasteiger partial charge in [-0.15, -0.1) is 0 Å². The smallest absolute Gasteiger partial charge is 0.126 e. The van der Waals surface area contributed by atoms with E-state index in [2.05, 4.69) is 0 Å². The molecule has 3 heteroatoms. The molecule has 0 aliphatic heterocycles. The highest BCUT2D eigenvalue weighted by molar-refractivity contribution is 5.26. The third-order valence-electron chi connectivity index (χ3n) is 2.44. The fourth-order valence-electron chi connectivity index (χ4n) is 1.29. The molecule has 2 unspecified atom stereocenters. The van der Waals surface area contributed by atoms with Crippen molar-refractivity contribution < 1.29 is 9.13 Å². The van der Waals surface area contributed by atoms with Gasteiger partial charge < -0.3 is 10.5 Å². The number of rotatable bonds is 3. The van der Waals surface area contributed by atoms with Gasteiger partial charge in [0.15, 0.2) is 0 Å². The molecule has 0 bridgehead atoms. The molecule has 0 aliphatic rings. The average molecular weight is 197 g/mol. The summed E-state index contributed by atoms with van der Waals surface area (Å²) in [6, 6.07) is 4.68. The first kappa shape index (κ1) is 11.1. The summed E-state index contributed by atoms with van der Waals surface area (Å²) in [4.78, 5) is 0. The second-order valence-corrected chi connectivity index (χ2v) is 3.48. The molecule has 0 spiro atoms. The van der Waals surface area contributed by atoms with Crippen molar-refractivity contribution in [3.63, 3.8) is 0 Å². The monoisotopic (exact) mass is 197 g/mol. The molecule has 0 saturated heterocycles. The van der Waals surface area contributed by atoms with E-state index in [9.17, 15) is 4.39 Å². The van der Waals surface area contributed by atoms with Crippen molar-refractivity contribution in [1.29, 1.82) is 0 Å². The molecule has 2 N–H and O–H groups in total. The Labute approximate surface area is 83.9 Å². The number of hydrogen-bond donors (Lipinski definition) is 1. The predicted octanol–water partition coefficient (Wildman–Crippen LogP) is 2.17. The highest BCUT2D eigenvalue weighted by atomic mass is 19.1. The van der Waals surface area contributed by atoms with Crippen molar-refractivity contribution >= 4 is 0 Å². The van der Waals surface area contributed by atoms with E-state index in [0.29, 0.717) is 5.56 Å². The number of halogens is 1. The first-order chi connectivity index (χ1) is 6.56. The van der Waals surface area contributed by atoms with Crippen LogP contribution in [0.2, 0.25) is 0 Å². The summed E-state index contributed by atoms with van der Waals surface area (Å²) in [6.45, 7) is 3.62. The van der Waals surface area contributed by atoms with Gasteiger partial charge in [-0.1, -0.05) is 12.1 Å². The first-order valence-electron chi connectivity index (χ1n) is 4.60. The van der Waals surface area contributed by atoms with Crippen LogP contribution in [0.15, 0.2) is 18.2 Å². The van der Waals surface area contributed by atoms with Crippen molar-refractivity contribution in [2.24, 2.45) is 5.73 Å². The lowest BCUT2D eigenvalue weighted by Gasteiger charge is -2.19. The topological polar surface area (TPSA) is 35.2 Å². The number of ether oxygens (including phenoxy) is 1. The van der Waals surface area contributed by atoms with Gasteiger partial charge in [0.05, 0.1) is 12.1 Å². The minimum atomic E-state index is -0.209. The standard InChI is InChI=1S/C11H16FNO/c1-7-6-9(4-5-10(7)12)11(13)8(2)14-3/h4-6,8,11H,13H2,1-3H3. The van der Waals surface area contributed by atoms with Crippen LogP contribution in [0.5, 0.6) is 0 Å². The second kappa shape index (κ2) is 4.53. The van der Waals surface area contributed by atoms with E-state index in [-0.39, 0.29) is 18.0 Å². The maximum atomic E-state index is 13.0. The SMILES string of the molecule is COC(C)C(N)c1ccc(F)c(C)c1. The quantitative estimate of drug-likeness (QED) is 0.806. The maximum absolute atomic E-state index is 13.0. The van der Waals surface area contributed by atoms with E-state index in [1.54, 1.807) is 26.2 Å². The fourth-order valence-corrected chi connectivity index (χ4v) is 1.29. The van der Waals surface area contributed by atoms with Crippen LogP contribution in [0.25, 0.3) is 0 Å². The summed E-state index contributed by atoms with van der Waals surface area (Å²) >= 11 is 0. The minimum Gasteiger partial charge on any atom is -0.380 e. The first-order valence-corrected chi connectivity index (χ1v) is 4.60. The molecule has 0 saturated carbocycles. The molecule has 1 rings (SSSR count). The molecule has 1 aromatic rings. The number of aryl methyl sites for hydroxylation is 1. The highest BCUT2D eigenvalue weighted by Crippen LogP contribution is 2.18. The van der Waals surface area contributed by atoms with E-state index in [1.165, 1.54) is 6.07 Å². The van der Waals surface area contributed by atoms with Crippen molar-refractivity contribution in [1.82, 2.24) is 0 Å². The highest BCUT2D eigenvalue weighted by Gasteiger charge is 2.14. The van der Waals surface area contributed by atoms with E-state index in [1.807, 2.05) is 6.92 Å². The fraction of sp³-hybridized carbons (Fsp3) is 0.455. The molecule has 0 heterocycles. The molecule has 78 valence electrons. The molecule has 0 radical (unpaired) electrons. The van der Waals surface area contributed by atoms with Gasteiger partial charge in [-0.2, -0.15) is 0 Å². The zero-order valence-corrected chi connectivity index (χ0v) is 8.75. The normalized spacial score (nSPS) is 15.2. The van der Waals surface area contributed by atoms with E-state index in [4.69, 9.17) is 10.5 Å². The molecule has 14 heavy (non-hydrogen) atoms. The number of methoxy groups -OCH3 is 1. The number of benzene rings is 1. The Balaban J connectivity index is 2.91. The third-order valence-corrected chi connectivity index (χ3v) is 2.44. The minimum absolute atomic E-state index is 0.0696. The van der Waals surface area contributed by atoms with Gasteiger partial charge in [-0.25, -0.2) is 4.39 Å². The molecular formula is C11H16FNO. The summed E-state index contributed by atoms with van der Waals surface area (Å²) in [5.74, 6) is -0.203. The predicted molar refractivity (Wildman–Crippen MR) is 54.5 cm³/mol. The summed E-state index contributed by atoms with van der Waals surface area (Å²) in [6.07, 6.45) is -0.0696. The van der Waals surface area contributed by atoms with Crippen molar-refractivity contribution in [2.45, 2.75) is 26.0 Å². The Morgan fingerprint density at radius 2 is 2.07 bits per heavy atom. The Kier molecular flexibility index (Phi) is 3.61. The van der Waals surface area contributed by atoms with E-state index in [0.717, 1.165) is 5.56 Å². The largest absolute Gasteiger partial charge is 0.380 e. The summed E-state index contributed by atoms with van der Waals surface area (Å²) in [7, 11) is 1.61. The van der Waals surface area contributed by atoms with Crippen LogP contribution in [0.3, 0.4) is 0 Å². The summed E-state index contributed by atoms with van der Waals surface area (Å²) in [5, 5.41) is 0. The van der Waals surface area contributed by atoms with Gasteiger partial charge in [0.25, 0.3) is 0 Å². The van der Waals surface area contributed by atoms with Gasteiger partial charge in [0.2, 0.25) is 0 Å². The lowest BCUT2D eigenvalue weighted by molar-refractivity contribution is 0.0956. The molecule has 0 fully saturated rings. The molecule has 2 atom stereocenters. The Bertz CT molecular complexity index is 314. The number of hydrogen-bond acceptors (Lipinski definition) is 2. The molecule has 0 amide bonds. The van der Waals surface area contributed by atoms with Crippen LogP contribution < -0.4 is 5.73 Å². The molecule has 1 aromatic carbocycles. The Morgan fingerprint density at radius 3 is 2.57 bits per heavy atom. The van der Waals surface area contributed by atoms with Crippen LogP contribution in [0.1, 0.15) is 24.1 Å². The van der Waals surface area contributed by atoms with Gasteiger partial charge in [0.1, 0.15) is 5.82 Å². The van der Waals surface area contributed by atoms with Crippen molar-refractivity contribution in [3.8, 4) is 0 Å². The number of nitrogens with two attached hydrogens (primary N) is 1. The summed E-state index contributed by atoms with van der Waals surface area (Å²) in [5.41, 5.74) is 7.43. The zero-order chi connectivity index (χ0) is 10.7. The Hall–Kier alpha value is -0.930. The summed E-state index contributed by atoms with van der Waals surface area (Å²) < 4.78 is 18.1. The van der Waals surface area contributed by atoms with Crippen LogP contribution in [0.4, 0.5) is 4.39 Å². The second-order valence-electron chi connectivity index (χ2n) is 3.48. The van der Waals surface area contributed by atoms with Crippen LogP contribution >= 0.6 is 0 Å². The molecule has 0 aliphatic carbocycles. The Morgan fingerprint density at radius 1 is 1.43 bits per heavy atom. The molecular weight excluding hydrogens is 181 g/mol. The van der Waals surface area contributed by atoms with Crippen molar-refractivity contribution in [2.75, 3.05) is 7.11 Å². The van der Waals surface area contributed by atoms with Gasteiger partial charge in [-0.3, -0.25) is 0 Å². The van der Waals surface area contributed by atoms with Crippen LogP contribution in [-0.4, -0.2) is 13.2 Å². The van der Waals surface area contributed by atoms with Gasteiger partial charge >= 0.3 is 0 Å². The molecule has 2 nitrogen and oxygen atoms in total.